The molecule has 0 spiro atoms. The van der Waals surface area contributed by atoms with Crippen molar-refractivity contribution in [3.05, 3.63) is 59.6 Å². The van der Waals surface area contributed by atoms with Crippen molar-refractivity contribution in [2.24, 2.45) is 0 Å². The molecule has 1 aromatic heterocycles. The van der Waals surface area contributed by atoms with E-state index in [-0.39, 0.29) is 5.82 Å². The number of anilines is 1. The predicted molar refractivity (Wildman–Crippen MR) is 139 cm³/mol. The van der Waals surface area contributed by atoms with E-state index in [1.54, 1.807) is 12.1 Å². The molecule has 2 heterocycles. The number of pyridine rings is 1. The minimum absolute atomic E-state index is 0.178. The molecule has 0 bridgehead atoms. The number of hydrogen-bond acceptors (Lipinski definition) is 5. The molecule has 1 aromatic carbocycles. The van der Waals surface area contributed by atoms with Crippen LogP contribution in [0.5, 0.6) is 0 Å². The number of carboxylic acids is 2. The summed E-state index contributed by atoms with van der Waals surface area (Å²) in [5.74, 6) is -1.60. The predicted octanol–water partition coefficient (Wildman–Crippen LogP) is 4.79. The number of aliphatic carboxylic acids is 2. The lowest BCUT2D eigenvalue weighted by molar-refractivity contribution is -0.134. The van der Waals surface area contributed by atoms with Crippen LogP contribution in [0.1, 0.15) is 50.8 Å². The molecule has 0 saturated carbocycles. The molecule has 2 aliphatic rings. The van der Waals surface area contributed by atoms with Gasteiger partial charge in [-0.1, -0.05) is 25.0 Å². The first-order valence-corrected chi connectivity index (χ1v) is 12.5. The highest BCUT2D eigenvalue weighted by Crippen LogP contribution is 2.34. The molecular formula is C28H36FN3O4. The van der Waals surface area contributed by atoms with E-state index in [1.807, 2.05) is 12.1 Å². The van der Waals surface area contributed by atoms with Crippen molar-refractivity contribution >= 4 is 17.8 Å². The summed E-state index contributed by atoms with van der Waals surface area (Å²) in [7, 11) is 2.21. The second kappa shape index (κ2) is 12.6. The van der Waals surface area contributed by atoms with Gasteiger partial charge >= 0.3 is 11.9 Å². The van der Waals surface area contributed by atoms with Crippen molar-refractivity contribution < 1.29 is 24.2 Å². The number of halogens is 1. The fraction of sp³-hybridized carbons (Fsp3) is 0.464. The Morgan fingerprint density at radius 2 is 1.50 bits per heavy atom. The van der Waals surface area contributed by atoms with Crippen LogP contribution in [0.25, 0.3) is 11.1 Å². The Hall–Kier alpha value is -3.26. The van der Waals surface area contributed by atoms with E-state index < -0.39 is 11.9 Å². The number of fused-ring (bicyclic) bond motifs is 1. The van der Waals surface area contributed by atoms with Crippen molar-refractivity contribution in [3.63, 3.8) is 0 Å². The summed E-state index contributed by atoms with van der Waals surface area (Å²) < 4.78 is 13.5. The van der Waals surface area contributed by atoms with E-state index in [1.165, 1.54) is 42.5 Å². The summed E-state index contributed by atoms with van der Waals surface area (Å²) in [5.41, 5.74) is 5.00. The third kappa shape index (κ3) is 7.37. The molecule has 2 atom stereocenters. The third-order valence-corrected chi connectivity index (χ3v) is 6.99. The van der Waals surface area contributed by atoms with Gasteiger partial charge in [-0.3, -0.25) is 4.90 Å². The first kappa shape index (κ1) is 27.3. The summed E-state index contributed by atoms with van der Waals surface area (Å²) in [5, 5.41) is 15.6. The largest absolute Gasteiger partial charge is 0.478 e. The van der Waals surface area contributed by atoms with Gasteiger partial charge in [-0.2, -0.15) is 0 Å². The number of carboxylic acid groups (broad SMARTS) is 2. The molecule has 7 nitrogen and oxygen atoms in total. The molecule has 1 fully saturated rings. The van der Waals surface area contributed by atoms with Crippen LogP contribution in [0.3, 0.4) is 0 Å². The molecule has 1 saturated heterocycles. The number of aryl methyl sites for hydroxylation is 1. The van der Waals surface area contributed by atoms with Gasteiger partial charge in [-0.25, -0.2) is 19.0 Å². The third-order valence-electron chi connectivity index (χ3n) is 6.99. The molecule has 8 heteroatoms. The highest BCUT2D eigenvalue weighted by Gasteiger charge is 2.28. The van der Waals surface area contributed by atoms with E-state index >= 15 is 0 Å². The van der Waals surface area contributed by atoms with E-state index in [4.69, 9.17) is 15.2 Å². The Morgan fingerprint density at radius 3 is 2.06 bits per heavy atom. The lowest BCUT2D eigenvalue weighted by Gasteiger charge is -2.43. The second-order valence-corrected chi connectivity index (χ2v) is 9.65. The summed E-state index contributed by atoms with van der Waals surface area (Å²) in [4.78, 5) is 29.2. The Bertz CT molecular complexity index is 1060. The lowest BCUT2D eigenvalue weighted by atomic mass is 9.90. The zero-order valence-electron chi connectivity index (χ0n) is 21.3. The number of aromatic nitrogens is 1. The second-order valence-electron chi connectivity index (χ2n) is 9.65. The molecule has 2 N–H and O–H groups in total. The van der Waals surface area contributed by atoms with E-state index in [0.29, 0.717) is 24.2 Å². The minimum atomic E-state index is -1.26. The number of benzene rings is 1. The molecule has 0 unspecified atom stereocenters. The van der Waals surface area contributed by atoms with Crippen LogP contribution >= 0.6 is 0 Å². The van der Waals surface area contributed by atoms with Crippen LogP contribution in [0.2, 0.25) is 0 Å². The van der Waals surface area contributed by atoms with Crippen LogP contribution in [-0.4, -0.2) is 64.3 Å². The van der Waals surface area contributed by atoms with Crippen LogP contribution in [0, 0.1) is 5.82 Å². The quantitative estimate of drug-likeness (QED) is 0.587. The van der Waals surface area contributed by atoms with Crippen LogP contribution < -0.4 is 4.90 Å². The standard InChI is InChI=1S/C24H32FN3.C4H4O4/c1-17-15-28(16-18(2)27(17)3)24-14-22(19-10-12-20(25)13-11-19)21-8-6-4-5-7-9-23(21)26-24;5-3(6)1-2-4(7)8/h10-14,17-18H,4-9,15-16H2,1-3H3;1-2H,(H,5,6)(H,7,8)/t17-,18+;. The van der Waals surface area contributed by atoms with Gasteiger partial charge in [0, 0.05) is 43.0 Å². The molecule has 1 aliphatic carbocycles. The van der Waals surface area contributed by atoms with Crippen molar-refractivity contribution in [2.45, 2.75) is 64.5 Å². The van der Waals surface area contributed by atoms with Crippen LogP contribution in [0.4, 0.5) is 10.2 Å². The highest BCUT2D eigenvalue weighted by molar-refractivity contribution is 5.89. The fourth-order valence-electron chi connectivity index (χ4n) is 4.83. The van der Waals surface area contributed by atoms with Gasteiger partial charge in [-0.05, 0) is 81.5 Å². The average Bonchev–Trinajstić information content (AvgIpc) is 2.82. The minimum Gasteiger partial charge on any atom is -0.478 e. The molecular weight excluding hydrogens is 461 g/mol. The van der Waals surface area contributed by atoms with Gasteiger partial charge in [0.15, 0.2) is 0 Å². The Labute approximate surface area is 212 Å². The molecule has 2 aromatic rings. The van der Waals surface area contributed by atoms with Gasteiger partial charge < -0.3 is 15.1 Å². The SMILES string of the molecule is C[C@@H]1CN(c2cc(-c3ccc(F)cc3)c3c(n2)CCCCCC3)C[C@H](C)N1C.O=C(O)C=CC(=O)O. The molecule has 1 aliphatic heterocycles. The maximum atomic E-state index is 13.5. The highest BCUT2D eigenvalue weighted by atomic mass is 19.1. The van der Waals surface area contributed by atoms with E-state index in [9.17, 15) is 14.0 Å². The molecule has 0 amide bonds. The lowest BCUT2D eigenvalue weighted by Crippen LogP contribution is -2.55. The first-order chi connectivity index (χ1) is 17.2. The van der Waals surface area contributed by atoms with Crippen molar-refractivity contribution in [3.8, 4) is 11.1 Å². The number of hydrogen-bond donors (Lipinski definition) is 2. The summed E-state index contributed by atoms with van der Waals surface area (Å²) >= 11 is 0. The maximum absolute atomic E-state index is 13.5. The van der Waals surface area contributed by atoms with E-state index in [0.717, 1.165) is 37.3 Å². The topological polar surface area (TPSA) is 94.0 Å². The Morgan fingerprint density at radius 1 is 0.944 bits per heavy atom. The van der Waals surface area contributed by atoms with Gasteiger partial charge in [0.2, 0.25) is 0 Å². The zero-order valence-corrected chi connectivity index (χ0v) is 21.3. The molecule has 0 radical (unpaired) electrons. The number of nitrogens with zero attached hydrogens (tertiary/aromatic N) is 3. The number of carbonyl (C=O) groups is 2. The Balaban J connectivity index is 0.000000392. The maximum Gasteiger partial charge on any atom is 0.328 e. The number of likely N-dealkylation sites (N-methyl/N-ethyl adjacent to an activating group) is 1. The molecule has 194 valence electrons. The van der Waals surface area contributed by atoms with Gasteiger partial charge in [0.05, 0.1) is 0 Å². The normalized spacial score (nSPS) is 20.6. The van der Waals surface area contributed by atoms with Crippen molar-refractivity contribution in [1.29, 1.82) is 0 Å². The van der Waals surface area contributed by atoms with Crippen molar-refractivity contribution in [1.82, 2.24) is 9.88 Å². The van der Waals surface area contributed by atoms with Gasteiger partial charge in [-0.15, -0.1) is 0 Å². The summed E-state index contributed by atoms with van der Waals surface area (Å²) in [6, 6.07) is 10.3. The molecule has 4 rings (SSSR count). The van der Waals surface area contributed by atoms with Gasteiger partial charge in [0.25, 0.3) is 0 Å². The summed E-state index contributed by atoms with van der Waals surface area (Å²) in [6.07, 6.45) is 8.25. The Kier molecular flexibility index (Phi) is 9.58. The zero-order chi connectivity index (χ0) is 26.2. The molecule has 36 heavy (non-hydrogen) atoms. The number of rotatable bonds is 4. The van der Waals surface area contributed by atoms with E-state index in [2.05, 4.69) is 36.8 Å². The van der Waals surface area contributed by atoms with Crippen molar-refractivity contribution in [2.75, 3.05) is 25.0 Å². The monoisotopic (exact) mass is 497 g/mol. The number of piperazine rings is 1. The summed E-state index contributed by atoms with van der Waals surface area (Å²) in [6.45, 7) is 6.57. The van der Waals surface area contributed by atoms with Gasteiger partial charge in [0.1, 0.15) is 11.6 Å². The fourth-order valence-corrected chi connectivity index (χ4v) is 4.83. The first-order valence-electron chi connectivity index (χ1n) is 12.5. The van der Waals surface area contributed by atoms with Crippen LogP contribution in [0.15, 0.2) is 42.5 Å². The van der Waals surface area contributed by atoms with Crippen LogP contribution in [-0.2, 0) is 22.4 Å². The smallest absolute Gasteiger partial charge is 0.328 e. The average molecular weight is 498 g/mol.